The minimum Gasteiger partial charge on any atom is -0.508 e. The summed E-state index contributed by atoms with van der Waals surface area (Å²) in [5, 5.41) is 9.52. The minimum absolute atomic E-state index is 0.187. The van der Waals surface area contributed by atoms with Gasteiger partial charge in [-0.15, -0.1) is 0 Å². The molecule has 0 amide bonds. The maximum atomic E-state index is 9.52. The van der Waals surface area contributed by atoms with Crippen molar-refractivity contribution < 1.29 is 14.6 Å². The Labute approximate surface area is 171 Å². The number of benzene rings is 2. The van der Waals surface area contributed by atoms with Gasteiger partial charge in [0.25, 0.3) is 0 Å². The van der Waals surface area contributed by atoms with Crippen LogP contribution in [0, 0.1) is 0 Å². The summed E-state index contributed by atoms with van der Waals surface area (Å²) < 4.78 is 11.2. The van der Waals surface area contributed by atoms with E-state index >= 15 is 0 Å². The molecule has 0 unspecified atom stereocenters. The molecule has 2 aromatic carbocycles. The van der Waals surface area contributed by atoms with E-state index in [2.05, 4.69) is 42.5 Å². The fraction of sp³-hybridized carbons (Fsp3) is 0.250. The summed E-state index contributed by atoms with van der Waals surface area (Å²) in [6.07, 6.45) is 1.68. The molecule has 0 atom stereocenters. The number of rotatable bonds is 8. The first-order chi connectivity index (χ1) is 13.9. The first-order valence-corrected chi connectivity index (χ1v) is 9.57. The second-order valence-electron chi connectivity index (χ2n) is 7.21. The van der Waals surface area contributed by atoms with E-state index in [1.165, 1.54) is 0 Å². The highest BCUT2D eigenvalue weighted by molar-refractivity contribution is 5.49. The van der Waals surface area contributed by atoms with Crippen LogP contribution in [-0.2, 0) is 16.8 Å². The SMILES string of the molecule is C=C(OCC)c1nccc(COc2ccc(C(C)(C)c3ccc(O)cc3)cc2)n1. The fourth-order valence-electron chi connectivity index (χ4n) is 3.02. The van der Waals surface area contributed by atoms with Crippen molar-refractivity contribution in [2.45, 2.75) is 32.8 Å². The van der Waals surface area contributed by atoms with Crippen molar-refractivity contribution in [2.75, 3.05) is 6.61 Å². The Morgan fingerprint density at radius 1 is 1.00 bits per heavy atom. The van der Waals surface area contributed by atoms with Gasteiger partial charge in [0.15, 0.2) is 11.6 Å². The Kier molecular flexibility index (Phi) is 6.17. The van der Waals surface area contributed by atoms with Crippen LogP contribution in [0.3, 0.4) is 0 Å². The van der Waals surface area contributed by atoms with Crippen LogP contribution in [-0.4, -0.2) is 21.7 Å². The predicted molar refractivity (Wildman–Crippen MR) is 114 cm³/mol. The molecule has 1 heterocycles. The lowest BCUT2D eigenvalue weighted by Crippen LogP contribution is -2.18. The van der Waals surface area contributed by atoms with Gasteiger partial charge in [0.2, 0.25) is 0 Å². The lowest BCUT2D eigenvalue weighted by molar-refractivity contribution is 0.291. The molecule has 0 radical (unpaired) electrons. The molecule has 5 heteroatoms. The van der Waals surface area contributed by atoms with E-state index < -0.39 is 0 Å². The molecule has 0 saturated heterocycles. The van der Waals surface area contributed by atoms with Crippen LogP contribution in [0.25, 0.3) is 5.76 Å². The van der Waals surface area contributed by atoms with Gasteiger partial charge in [0.05, 0.1) is 12.3 Å². The highest BCUT2D eigenvalue weighted by Crippen LogP contribution is 2.33. The molecule has 0 saturated carbocycles. The maximum Gasteiger partial charge on any atom is 0.194 e. The van der Waals surface area contributed by atoms with Crippen molar-refractivity contribution in [1.29, 1.82) is 0 Å². The Balaban J connectivity index is 1.67. The zero-order valence-electron chi connectivity index (χ0n) is 17.1. The molecule has 3 aromatic rings. The number of ether oxygens (including phenoxy) is 2. The number of phenolic OH excluding ortho intramolecular Hbond substituents is 1. The third kappa shape index (κ3) is 4.93. The number of aromatic hydroxyl groups is 1. The van der Waals surface area contributed by atoms with Crippen LogP contribution in [0.2, 0.25) is 0 Å². The highest BCUT2D eigenvalue weighted by Gasteiger charge is 2.23. The Morgan fingerprint density at radius 3 is 2.24 bits per heavy atom. The molecule has 0 aliphatic rings. The van der Waals surface area contributed by atoms with E-state index in [1.54, 1.807) is 18.3 Å². The molecular weight excluding hydrogens is 364 g/mol. The van der Waals surface area contributed by atoms with E-state index in [0.717, 1.165) is 22.6 Å². The molecule has 5 nitrogen and oxygen atoms in total. The highest BCUT2D eigenvalue weighted by atomic mass is 16.5. The molecule has 0 fully saturated rings. The summed E-state index contributed by atoms with van der Waals surface area (Å²) in [7, 11) is 0. The zero-order valence-corrected chi connectivity index (χ0v) is 17.1. The van der Waals surface area contributed by atoms with E-state index in [-0.39, 0.29) is 11.2 Å². The monoisotopic (exact) mass is 390 g/mol. The number of phenols is 1. The molecule has 1 aromatic heterocycles. The van der Waals surface area contributed by atoms with Crippen molar-refractivity contribution >= 4 is 5.76 Å². The zero-order chi connectivity index (χ0) is 20.9. The first-order valence-electron chi connectivity index (χ1n) is 9.57. The third-order valence-corrected chi connectivity index (χ3v) is 4.83. The second-order valence-corrected chi connectivity index (χ2v) is 7.21. The van der Waals surface area contributed by atoms with Crippen molar-refractivity contribution in [3.05, 3.63) is 90.0 Å². The molecule has 0 bridgehead atoms. The third-order valence-electron chi connectivity index (χ3n) is 4.83. The largest absolute Gasteiger partial charge is 0.508 e. The Morgan fingerprint density at radius 2 is 1.62 bits per heavy atom. The minimum atomic E-state index is -0.187. The van der Waals surface area contributed by atoms with Gasteiger partial charge in [-0.25, -0.2) is 9.97 Å². The lowest BCUT2D eigenvalue weighted by Gasteiger charge is -2.26. The van der Waals surface area contributed by atoms with Gasteiger partial charge in [0.1, 0.15) is 18.1 Å². The molecular formula is C24H26N2O3. The number of aromatic nitrogens is 2. The maximum absolute atomic E-state index is 9.52. The molecule has 29 heavy (non-hydrogen) atoms. The van der Waals surface area contributed by atoms with Gasteiger partial charge in [-0.2, -0.15) is 0 Å². The molecule has 0 aliphatic carbocycles. The Hall–Kier alpha value is -3.34. The molecule has 150 valence electrons. The van der Waals surface area contributed by atoms with Crippen LogP contribution in [0.15, 0.2) is 67.4 Å². The summed E-state index contributed by atoms with van der Waals surface area (Å²) in [5.41, 5.74) is 2.86. The molecule has 3 rings (SSSR count). The van der Waals surface area contributed by atoms with E-state index in [1.807, 2.05) is 37.3 Å². The van der Waals surface area contributed by atoms with E-state index in [9.17, 15) is 5.11 Å². The van der Waals surface area contributed by atoms with Gasteiger partial charge >= 0.3 is 0 Å². The van der Waals surface area contributed by atoms with E-state index in [4.69, 9.17) is 9.47 Å². The molecule has 0 aliphatic heterocycles. The quantitative estimate of drug-likeness (QED) is 0.543. The van der Waals surface area contributed by atoms with Crippen molar-refractivity contribution in [3.8, 4) is 11.5 Å². The van der Waals surface area contributed by atoms with Gasteiger partial charge in [-0.1, -0.05) is 44.7 Å². The summed E-state index contributed by atoms with van der Waals surface area (Å²) >= 11 is 0. The van der Waals surface area contributed by atoms with Gasteiger partial charge in [-0.05, 0) is 48.4 Å². The number of hydrogen-bond acceptors (Lipinski definition) is 5. The van der Waals surface area contributed by atoms with Gasteiger partial charge in [-0.3, -0.25) is 0 Å². The molecule has 0 spiro atoms. The Bertz CT molecular complexity index is 964. The van der Waals surface area contributed by atoms with Gasteiger partial charge < -0.3 is 14.6 Å². The fourth-order valence-corrected chi connectivity index (χ4v) is 3.02. The second kappa shape index (κ2) is 8.78. The molecule has 1 N–H and O–H groups in total. The topological polar surface area (TPSA) is 64.5 Å². The predicted octanol–water partition coefficient (Wildman–Crippen LogP) is 5.09. The standard InChI is InChI=1S/C24H26N2O3/c1-5-28-17(2)23-25-15-14-20(26-23)16-29-22-12-8-19(9-13-22)24(3,4)18-6-10-21(27)11-7-18/h6-15,27H,2,5,16H2,1,3-4H3. The normalized spacial score (nSPS) is 11.1. The first kappa shape index (κ1) is 20.4. The smallest absolute Gasteiger partial charge is 0.194 e. The van der Waals surface area contributed by atoms with Crippen molar-refractivity contribution in [2.24, 2.45) is 0 Å². The van der Waals surface area contributed by atoms with Crippen LogP contribution in [0.5, 0.6) is 11.5 Å². The number of nitrogens with zero attached hydrogens (tertiary/aromatic N) is 2. The average molecular weight is 390 g/mol. The summed E-state index contributed by atoms with van der Waals surface area (Å²) in [6.45, 7) is 10.9. The van der Waals surface area contributed by atoms with E-state index in [0.29, 0.717) is 24.8 Å². The summed E-state index contributed by atoms with van der Waals surface area (Å²) in [6, 6.07) is 17.2. The van der Waals surface area contributed by atoms with Crippen LogP contribution < -0.4 is 4.74 Å². The van der Waals surface area contributed by atoms with Gasteiger partial charge in [0, 0.05) is 11.6 Å². The van der Waals surface area contributed by atoms with Crippen molar-refractivity contribution in [1.82, 2.24) is 9.97 Å². The number of hydrogen-bond donors (Lipinski definition) is 1. The summed E-state index contributed by atoms with van der Waals surface area (Å²) in [4.78, 5) is 8.61. The average Bonchev–Trinajstić information content (AvgIpc) is 2.73. The lowest BCUT2D eigenvalue weighted by atomic mass is 9.78. The van der Waals surface area contributed by atoms with Crippen LogP contribution >= 0.6 is 0 Å². The summed E-state index contributed by atoms with van der Waals surface area (Å²) in [5.74, 6) is 1.96. The van der Waals surface area contributed by atoms with Crippen molar-refractivity contribution in [3.63, 3.8) is 0 Å². The van der Waals surface area contributed by atoms with Crippen LogP contribution in [0.1, 0.15) is 43.4 Å². The van der Waals surface area contributed by atoms with Crippen LogP contribution in [0.4, 0.5) is 0 Å².